The number of aryl methyl sites for hydroxylation is 2. The normalized spacial score (nSPS) is 16.6. The molecule has 5 nitrogen and oxygen atoms in total. The molecule has 0 radical (unpaired) electrons. The monoisotopic (exact) mass is 280 g/mol. The number of hydrogen-bond donors (Lipinski definition) is 1. The van der Waals surface area contributed by atoms with Crippen LogP contribution in [0.15, 0.2) is 6.20 Å². The van der Waals surface area contributed by atoms with Gasteiger partial charge in [0.2, 0.25) is 0 Å². The Balaban J connectivity index is 2.07. The van der Waals surface area contributed by atoms with Crippen LogP contribution < -0.4 is 5.73 Å². The van der Waals surface area contributed by atoms with Crippen LogP contribution >= 0.6 is 12.2 Å². The standard InChI is InChI=1S/C13H20N4OS/c1-3-11-10(8-16(2)15-11)13(18)17-6-4-9(5-7-17)12(14)19/h8-9H,3-7H2,1-2H3,(H2,14,19). The highest BCUT2D eigenvalue weighted by Gasteiger charge is 2.26. The predicted octanol–water partition coefficient (Wildman–Crippen LogP) is 1.12. The Morgan fingerprint density at radius 3 is 2.68 bits per heavy atom. The number of aromatic nitrogens is 2. The molecule has 1 amide bonds. The molecule has 0 saturated carbocycles. The van der Waals surface area contributed by atoms with Gasteiger partial charge in [-0.25, -0.2) is 0 Å². The number of carbonyl (C=O) groups is 1. The van der Waals surface area contributed by atoms with Gasteiger partial charge in [0.25, 0.3) is 5.91 Å². The van der Waals surface area contributed by atoms with Crippen LogP contribution in [-0.4, -0.2) is 38.7 Å². The number of nitrogens with zero attached hydrogens (tertiary/aromatic N) is 3. The van der Waals surface area contributed by atoms with E-state index in [4.69, 9.17) is 18.0 Å². The highest BCUT2D eigenvalue weighted by Crippen LogP contribution is 2.20. The smallest absolute Gasteiger partial charge is 0.257 e. The van der Waals surface area contributed by atoms with Gasteiger partial charge in [-0.15, -0.1) is 0 Å². The number of likely N-dealkylation sites (tertiary alicyclic amines) is 1. The van der Waals surface area contributed by atoms with Crippen molar-refractivity contribution in [1.82, 2.24) is 14.7 Å². The molecule has 0 aliphatic carbocycles. The van der Waals surface area contributed by atoms with Crippen LogP contribution in [0.4, 0.5) is 0 Å². The van der Waals surface area contributed by atoms with Crippen LogP contribution in [0, 0.1) is 5.92 Å². The van der Waals surface area contributed by atoms with Crippen molar-refractivity contribution in [2.24, 2.45) is 18.7 Å². The largest absolute Gasteiger partial charge is 0.393 e. The highest BCUT2D eigenvalue weighted by atomic mass is 32.1. The number of piperidine rings is 1. The van der Waals surface area contributed by atoms with Gasteiger partial charge in [-0.1, -0.05) is 19.1 Å². The molecular weight excluding hydrogens is 260 g/mol. The summed E-state index contributed by atoms with van der Waals surface area (Å²) in [6, 6.07) is 0. The van der Waals surface area contributed by atoms with E-state index in [9.17, 15) is 4.79 Å². The summed E-state index contributed by atoms with van der Waals surface area (Å²) in [4.78, 5) is 14.9. The fraction of sp³-hybridized carbons (Fsp3) is 0.615. The number of hydrogen-bond acceptors (Lipinski definition) is 3. The van der Waals surface area contributed by atoms with Crippen molar-refractivity contribution >= 4 is 23.1 Å². The van der Waals surface area contributed by atoms with Crippen molar-refractivity contribution in [2.45, 2.75) is 26.2 Å². The van der Waals surface area contributed by atoms with Gasteiger partial charge in [-0.3, -0.25) is 9.48 Å². The quantitative estimate of drug-likeness (QED) is 0.843. The van der Waals surface area contributed by atoms with Crippen LogP contribution in [0.25, 0.3) is 0 Å². The van der Waals surface area contributed by atoms with Gasteiger partial charge >= 0.3 is 0 Å². The molecule has 6 heteroatoms. The zero-order valence-corrected chi connectivity index (χ0v) is 12.2. The molecule has 1 aromatic rings. The number of carbonyl (C=O) groups excluding carboxylic acids is 1. The Bertz CT molecular complexity index is 489. The summed E-state index contributed by atoms with van der Waals surface area (Å²) < 4.78 is 1.70. The van der Waals surface area contributed by atoms with Crippen molar-refractivity contribution in [2.75, 3.05) is 13.1 Å². The third kappa shape index (κ3) is 2.94. The molecule has 0 spiro atoms. The number of nitrogens with two attached hydrogens (primary N) is 1. The van der Waals surface area contributed by atoms with Crippen molar-refractivity contribution in [3.8, 4) is 0 Å². The molecule has 19 heavy (non-hydrogen) atoms. The summed E-state index contributed by atoms with van der Waals surface area (Å²) in [5.41, 5.74) is 7.25. The second-order valence-corrected chi connectivity index (χ2v) is 5.46. The summed E-state index contributed by atoms with van der Waals surface area (Å²) in [6.07, 6.45) is 4.30. The van der Waals surface area contributed by atoms with Gasteiger partial charge in [-0.2, -0.15) is 5.10 Å². The van der Waals surface area contributed by atoms with Crippen molar-refractivity contribution in [3.05, 3.63) is 17.5 Å². The first-order chi connectivity index (χ1) is 9.02. The Kier molecular flexibility index (Phi) is 4.19. The molecule has 1 fully saturated rings. The van der Waals surface area contributed by atoms with Gasteiger partial charge in [-0.05, 0) is 19.3 Å². The molecule has 104 valence electrons. The number of thiocarbonyl (C=S) groups is 1. The maximum absolute atomic E-state index is 12.5. The fourth-order valence-electron chi connectivity index (χ4n) is 2.51. The van der Waals surface area contributed by atoms with Crippen LogP contribution in [0.3, 0.4) is 0 Å². The summed E-state index contributed by atoms with van der Waals surface area (Å²) in [5, 5.41) is 4.32. The van der Waals surface area contributed by atoms with E-state index < -0.39 is 0 Å². The predicted molar refractivity (Wildman–Crippen MR) is 78.0 cm³/mol. The molecule has 2 N–H and O–H groups in total. The summed E-state index contributed by atoms with van der Waals surface area (Å²) in [7, 11) is 1.84. The van der Waals surface area contributed by atoms with E-state index in [1.54, 1.807) is 10.9 Å². The van der Waals surface area contributed by atoms with Crippen LogP contribution in [0.5, 0.6) is 0 Å². The molecule has 0 atom stereocenters. The first-order valence-electron chi connectivity index (χ1n) is 6.64. The third-order valence-electron chi connectivity index (χ3n) is 3.66. The summed E-state index contributed by atoms with van der Waals surface area (Å²) in [6.45, 7) is 3.45. The van der Waals surface area contributed by atoms with Crippen LogP contribution in [-0.2, 0) is 13.5 Å². The molecule has 1 aromatic heterocycles. The summed E-state index contributed by atoms with van der Waals surface area (Å²) in [5.74, 6) is 0.352. The van der Waals surface area contributed by atoms with Gasteiger partial charge in [0.15, 0.2) is 0 Å². The van der Waals surface area contributed by atoms with Gasteiger partial charge in [0.05, 0.1) is 16.2 Å². The number of rotatable bonds is 3. The van der Waals surface area contributed by atoms with Gasteiger partial charge < -0.3 is 10.6 Å². The lowest BCUT2D eigenvalue weighted by molar-refractivity contribution is 0.0709. The zero-order chi connectivity index (χ0) is 14.0. The lowest BCUT2D eigenvalue weighted by Crippen LogP contribution is -2.41. The Hall–Kier alpha value is -1.43. The van der Waals surface area contributed by atoms with E-state index in [1.165, 1.54) is 0 Å². The van der Waals surface area contributed by atoms with Gasteiger partial charge in [0, 0.05) is 32.3 Å². The topological polar surface area (TPSA) is 64.2 Å². The molecule has 1 aliphatic heterocycles. The SMILES string of the molecule is CCc1nn(C)cc1C(=O)N1CCC(C(N)=S)CC1. The first-order valence-corrected chi connectivity index (χ1v) is 7.04. The zero-order valence-electron chi connectivity index (χ0n) is 11.4. The van der Waals surface area contributed by atoms with Crippen molar-refractivity contribution in [3.63, 3.8) is 0 Å². The minimum Gasteiger partial charge on any atom is -0.393 e. The van der Waals surface area contributed by atoms with E-state index in [1.807, 2.05) is 18.9 Å². The van der Waals surface area contributed by atoms with Crippen molar-refractivity contribution < 1.29 is 4.79 Å². The molecule has 2 rings (SSSR count). The molecule has 0 unspecified atom stereocenters. The molecule has 0 bridgehead atoms. The van der Waals surface area contributed by atoms with E-state index in [0.717, 1.165) is 43.6 Å². The lowest BCUT2D eigenvalue weighted by atomic mass is 9.96. The Morgan fingerprint density at radius 1 is 1.53 bits per heavy atom. The van der Waals surface area contributed by atoms with E-state index in [-0.39, 0.29) is 11.8 Å². The average molecular weight is 280 g/mol. The summed E-state index contributed by atoms with van der Waals surface area (Å²) >= 11 is 5.02. The molecule has 1 saturated heterocycles. The van der Waals surface area contributed by atoms with Crippen LogP contribution in [0.2, 0.25) is 0 Å². The average Bonchev–Trinajstić information content (AvgIpc) is 2.79. The fourth-order valence-corrected chi connectivity index (χ4v) is 2.75. The van der Waals surface area contributed by atoms with Gasteiger partial charge in [0.1, 0.15) is 0 Å². The minimum atomic E-state index is 0.0753. The molecular formula is C13H20N4OS. The minimum absolute atomic E-state index is 0.0753. The Labute approximate surface area is 118 Å². The van der Waals surface area contributed by atoms with E-state index in [2.05, 4.69) is 5.10 Å². The lowest BCUT2D eigenvalue weighted by Gasteiger charge is -2.31. The first kappa shape index (κ1) is 14.0. The maximum Gasteiger partial charge on any atom is 0.257 e. The third-order valence-corrected chi connectivity index (χ3v) is 3.99. The van der Waals surface area contributed by atoms with Crippen LogP contribution in [0.1, 0.15) is 35.8 Å². The molecule has 0 aromatic carbocycles. The van der Waals surface area contributed by atoms with E-state index >= 15 is 0 Å². The maximum atomic E-state index is 12.5. The second kappa shape index (κ2) is 5.69. The second-order valence-electron chi connectivity index (χ2n) is 4.99. The molecule has 2 heterocycles. The van der Waals surface area contributed by atoms with E-state index in [0.29, 0.717) is 4.99 Å². The van der Waals surface area contributed by atoms with Crippen molar-refractivity contribution in [1.29, 1.82) is 0 Å². The Morgan fingerprint density at radius 2 is 2.16 bits per heavy atom. The number of amides is 1. The highest BCUT2D eigenvalue weighted by molar-refractivity contribution is 7.80. The molecule has 1 aliphatic rings.